The molecule has 0 fully saturated rings. The maximum Gasteiger partial charge on any atom is 0.271 e. The molecule has 35 heavy (non-hydrogen) atoms. The predicted molar refractivity (Wildman–Crippen MR) is 122 cm³/mol. The van der Waals surface area contributed by atoms with Gasteiger partial charge in [-0.3, -0.25) is 4.68 Å². The van der Waals surface area contributed by atoms with E-state index in [1.807, 2.05) is 0 Å². The molecule has 0 aliphatic carbocycles. The zero-order chi connectivity index (χ0) is 24.9. The van der Waals surface area contributed by atoms with E-state index in [4.69, 9.17) is 5.73 Å². The molecule has 5 aromatic rings. The van der Waals surface area contributed by atoms with Gasteiger partial charge in [-0.2, -0.15) is 10.1 Å². The number of nitrogens with zero attached hydrogens (tertiary/aromatic N) is 6. The summed E-state index contributed by atoms with van der Waals surface area (Å²) < 4.78 is 60.1. The molecule has 0 bridgehead atoms. The van der Waals surface area contributed by atoms with E-state index in [0.29, 0.717) is 22.6 Å². The van der Waals surface area contributed by atoms with Gasteiger partial charge in [0, 0.05) is 30.4 Å². The normalized spacial score (nSPS) is 12.9. The summed E-state index contributed by atoms with van der Waals surface area (Å²) in [5.74, 6) is -4.42. The third-order valence-electron chi connectivity index (χ3n) is 5.61. The molecule has 5 rings (SSSR count). The van der Waals surface area contributed by atoms with Crippen LogP contribution in [0.1, 0.15) is 24.2 Å². The molecule has 0 radical (unpaired) electrons. The minimum Gasteiger partial charge on any atom is -0.366 e. The summed E-state index contributed by atoms with van der Waals surface area (Å²) in [5, 5.41) is 8.19. The molecule has 4 heterocycles. The van der Waals surface area contributed by atoms with Crippen LogP contribution in [-0.4, -0.2) is 35.3 Å². The Kier molecular flexibility index (Phi) is 5.27. The van der Waals surface area contributed by atoms with Crippen molar-refractivity contribution >= 4 is 11.6 Å². The number of hydrogen-bond donors (Lipinski definition) is 1. The minimum atomic E-state index is -3.19. The van der Waals surface area contributed by atoms with Gasteiger partial charge in [0.15, 0.2) is 11.5 Å². The smallest absolute Gasteiger partial charge is 0.271 e. The van der Waals surface area contributed by atoms with Gasteiger partial charge in [0.05, 0.1) is 17.1 Å². The average Bonchev–Trinajstić information content (AvgIpc) is 3.37. The van der Waals surface area contributed by atoms with Gasteiger partial charge in [-0.25, -0.2) is 27.1 Å². The Labute approximate surface area is 196 Å². The van der Waals surface area contributed by atoms with Crippen LogP contribution in [0, 0.1) is 18.6 Å². The minimum absolute atomic E-state index is 0.0384. The predicted octanol–water partition coefficient (Wildman–Crippen LogP) is 5.07. The van der Waals surface area contributed by atoms with Crippen LogP contribution >= 0.6 is 0 Å². The van der Waals surface area contributed by atoms with E-state index in [1.54, 1.807) is 25.1 Å². The maximum absolute atomic E-state index is 15.1. The number of aromatic nitrogens is 6. The quantitative estimate of drug-likeness (QED) is 0.354. The summed E-state index contributed by atoms with van der Waals surface area (Å²) in [6.45, 7) is 2.45. The monoisotopic (exact) mass is 481 g/mol. The van der Waals surface area contributed by atoms with Crippen LogP contribution < -0.4 is 5.73 Å². The zero-order valence-corrected chi connectivity index (χ0v) is 18.6. The highest BCUT2D eigenvalue weighted by atomic mass is 19.3. The number of nitrogens with two attached hydrogens (primary N) is 1. The highest BCUT2D eigenvalue weighted by Crippen LogP contribution is 2.36. The summed E-state index contributed by atoms with van der Waals surface area (Å²) in [5.41, 5.74) is 7.59. The molecule has 7 nitrogen and oxygen atoms in total. The number of rotatable bonds is 5. The highest BCUT2D eigenvalue weighted by Gasteiger charge is 2.38. The van der Waals surface area contributed by atoms with E-state index in [2.05, 4.69) is 20.2 Å². The van der Waals surface area contributed by atoms with Crippen LogP contribution in [0.5, 0.6) is 0 Å². The van der Waals surface area contributed by atoms with Gasteiger partial charge in [0.2, 0.25) is 5.95 Å². The Morgan fingerprint density at radius 1 is 0.914 bits per heavy atom. The molecule has 1 unspecified atom stereocenters. The van der Waals surface area contributed by atoms with Gasteiger partial charge < -0.3 is 5.73 Å². The molecule has 4 aromatic heterocycles. The van der Waals surface area contributed by atoms with E-state index in [-0.39, 0.29) is 22.7 Å². The molecule has 178 valence electrons. The van der Waals surface area contributed by atoms with E-state index in [0.717, 1.165) is 23.7 Å². The number of anilines is 1. The van der Waals surface area contributed by atoms with Crippen molar-refractivity contribution in [1.29, 1.82) is 0 Å². The van der Waals surface area contributed by atoms with Gasteiger partial charge >= 0.3 is 0 Å². The fraction of sp³-hybridized carbons (Fsp3) is 0.167. The number of nitrogen functional groups attached to an aromatic ring is 1. The fourth-order valence-electron chi connectivity index (χ4n) is 4.05. The Balaban J connectivity index is 1.57. The zero-order valence-electron chi connectivity index (χ0n) is 18.6. The lowest BCUT2D eigenvalue weighted by molar-refractivity contribution is -0.0217. The first-order valence-corrected chi connectivity index (χ1v) is 10.6. The third kappa shape index (κ3) is 4.09. The second-order valence-corrected chi connectivity index (χ2v) is 8.21. The van der Waals surface area contributed by atoms with Crippen molar-refractivity contribution < 1.29 is 17.6 Å². The van der Waals surface area contributed by atoms with Gasteiger partial charge in [0.25, 0.3) is 5.92 Å². The van der Waals surface area contributed by atoms with E-state index < -0.39 is 23.6 Å². The second kappa shape index (κ2) is 8.19. The number of benzene rings is 1. The van der Waals surface area contributed by atoms with Crippen molar-refractivity contribution in [1.82, 2.24) is 29.4 Å². The lowest BCUT2D eigenvalue weighted by Crippen LogP contribution is -2.29. The number of aryl methyl sites for hydroxylation is 1. The van der Waals surface area contributed by atoms with Crippen molar-refractivity contribution in [2.24, 2.45) is 0 Å². The second-order valence-electron chi connectivity index (χ2n) is 8.21. The summed E-state index contributed by atoms with van der Waals surface area (Å²) in [6.07, 6.45) is 2.98. The molecule has 11 heteroatoms. The van der Waals surface area contributed by atoms with E-state index in [1.165, 1.54) is 35.1 Å². The molecule has 0 spiro atoms. The van der Waals surface area contributed by atoms with E-state index >= 15 is 4.39 Å². The molecule has 0 saturated heterocycles. The topological polar surface area (TPSA) is 86.9 Å². The largest absolute Gasteiger partial charge is 0.366 e. The fourth-order valence-corrected chi connectivity index (χ4v) is 4.05. The molecule has 0 saturated carbocycles. The van der Waals surface area contributed by atoms with Crippen LogP contribution in [0.2, 0.25) is 0 Å². The van der Waals surface area contributed by atoms with Gasteiger partial charge in [-0.1, -0.05) is 18.2 Å². The molecule has 2 N–H and O–H groups in total. The summed E-state index contributed by atoms with van der Waals surface area (Å²) in [7, 11) is 0. The van der Waals surface area contributed by atoms with Crippen LogP contribution in [0.4, 0.5) is 23.5 Å². The third-order valence-corrected chi connectivity index (χ3v) is 5.61. The Hall–Kier alpha value is -4.28. The van der Waals surface area contributed by atoms with Crippen LogP contribution in [-0.2, 0) is 0 Å². The summed E-state index contributed by atoms with van der Waals surface area (Å²) >= 11 is 0. The Morgan fingerprint density at radius 2 is 1.60 bits per heavy atom. The van der Waals surface area contributed by atoms with Crippen LogP contribution in [0.25, 0.3) is 28.2 Å². The van der Waals surface area contributed by atoms with Crippen molar-refractivity contribution in [3.8, 4) is 22.5 Å². The van der Waals surface area contributed by atoms with Crippen LogP contribution in [0.15, 0.2) is 60.9 Å². The number of pyridine rings is 2. The first-order chi connectivity index (χ1) is 16.6. The van der Waals surface area contributed by atoms with Crippen LogP contribution in [0.3, 0.4) is 0 Å². The van der Waals surface area contributed by atoms with Gasteiger partial charge in [0.1, 0.15) is 11.9 Å². The molecule has 0 amide bonds. The Morgan fingerprint density at radius 3 is 2.29 bits per heavy atom. The van der Waals surface area contributed by atoms with Crippen molar-refractivity contribution in [3.05, 3.63) is 83.8 Å². The maximum atomic E-state index is 15.1. The first kappa shape index (κ1) is 22.5. The molecule has 1 aromatic carbocycles. The number of alkyl halides is 2. The van der Waals surface area contributed by atoms with Crippen molar-refractivity contribution in [2.45, 2.75) is 25.8 Å². The highest BCUT2D eigenvalue weighted by molar-refractivity contribution is 5.70. The Bertz CT molecular complexity index is 1530. The standard InChI is InChI=1S/C24H19F4N7/c1-13-17(12-35(32-13)21(24(2,27)28)14-6-8-15(25)9-7-14)19-5-3-4-18(30-19)16-10-11-34-22(20(16)26)31-23(29)33-34/h3-12,21H,1-2H3,(H2,29,33). The first-order valence-electron chi connectivity index (χ1n) is 10.6. The van der Waals surface area contributed by atoms with Gasteiger partial charge in [-0.05, 0) is 42.8 Å². The number of halogens is 4. The molecule has 1 atom stereocenters. The molecular formula is C24H19F4N7. The van der Waals surface area contributed by atoms with Gasteiger partial charge in [-0.15, -0.1) is 5.10 Å². The summed E-state index contributed by atoms with van der Waals surface area (Å²) in [4.78, 5) is 8.44. The average molecular weight is 481 g/mol. The van der Waals surface area contributed by atoms with Crippen molar-refractivity contribution in [2.75, 3.05) is 5.73 Å². The SMILES string of the molecule is Cc1nn(C(c2ccc(F)cc2)C(C)(F)F)cc1-c1cccc(-c2ccn3nc(N)nc3c2F)n1. The number of fused-ring (bicyclic) bond motifs is 1. The van der Waals surface area contributed by atoms with E-state index in [9.17, 15) is 13.2 Å². The summed E-state index contributed by atoms with van der Waals surface area (Å²) in [6, 6.07) is 9.90. The lowest BCUT2D eigenvalue weighted by atomic mass is 10.0. The van der Waals surface area contributed by atoms with Crippen molar-refractivity contribution in [3.63, 3.8) is 0 Å². The number of hydrogen-bond acceptors (Lipinski definition) is 5. The lowest BCUT2D eigenvalue weighted by Gasteiger charge is -2.24. The molecule has 0 aliphatic heterocycles. The molecule has 0 aliphatic rings. The molecular weight excluding hydrogens is 462 g/mol.